The second-order valence-corrected chi connectivity index (χ2v) is 8.67. The number of hydrogen-bond acceptors (Lipinski definition) is 3. The van der Waals surface area contributed by atoms with Crippen LogP contribution in [0.3, 0.4) is 0 Å². The number of nitrogens with one attached hydrogen (secondary N) is 2. The SMILES string of the molecule is Cc1ccc(CN=C(NCC(C(C)C)N2CCN(C)CC2)Nc2ccccc2)cc1. The van der Waals surface area contributed by atoms with Crippen LogP contribution in [0, 0.1) is 12.8 Å². The topological polar surface area (TPSA) is 42.9 Å². The van der Waals surface area contributed by atoms with Gasteiger partial charge in [0.2, 0.25) is 0 Å². The number of guanidine groups is 1. The minimum absolute atomic E-state index is 0.487. The predicted octanol–water partition coefficient (Wildman–Crippen LogP) is 3.82. The third kappa shape index (κ3) is 6.85. The molecule has 1 saturated heterocycles. The molecule has 0 bridgehead atoms. The normalized spacial score (nSPS) is 17.2. The van der Waals surface area contributed by atoms with Crippen molar-refractivity contribution in [1.29, 1.82) is 0 Å². The predicted molar refractivity (Wildman–Crippen MR) is 128 cm³/mol. The second-order valence-electron chi connectivity index (χ2n) is 8.67. The van der Waals surface area contributed by atoms with Crippen molar-refractivity contribution >= 4 is 11.6 Å². The summed E-state index contributed by atoms with van der Waals surface area (Å²) in [5, 5.41) is 7.10. The van der Waals surface area contributed by atoms with Gasteiger partial charge in [-0.15, -0.1) is 0 Å². The van der Waals surface area contributed by atoms with E-state index in [-0.39, 0.29) is 0 Å². The molecule has 0 amide bonds. The average molecular weight is 408 g/mol. The van der Waals surface area contributed by atoms with E-state index in [4.69, 9.17) is 4.99 Å². The molecule has 1 atom stereocenters. The Morgan fingerprint density at radius 3 is 2.27 bits per heavy atom. The molecule has 162 valence electrons. The Kier molecular flexibility index (Phi) is 8.29. The zero-order chi connectivity index (χ0) is 21.3. The monoisotopic (exact) mass is 407 g/mol. The maximum atomic E-state index is 4.88. The first kappa shape index (κ1) is 22.3. The van der Waals surface area contributed by atoms with Gasteiger partial charge < -0.3 is 15.5 Å². The van der Waals surface area contributed by atoms with Crippen molar-refractivity contribution in [3.8, 4) is 0 Å². The summed E-state index contributed by atoms with van der Waals surface area (Å²) in [6.07, 6.45) is 0. The van der Waals surface area contributed by atoms with Gasteiger partial charge in [0.25, 0.3) is 0 Å². The van der Waals surface area contributed by atoms with E-state index in [1.165, 1.54) is 11.1 Å². The largest absolute Gasteiger partial charge is 0.355 e. The summed E-state index contributed by atoms with van der Waals surface area (Å²) >= 11 is 0. The number of aryl methyl sites for hydroxylation is 1. The van der Waals surface area contributed by atoms with Crippen LogP contribution in [0.5, 0.6) is 0 Å². The minimum atomic E-state index is 0.487. The molecule has 1 aliphatic rings. The van der Waals surface area contributed by atoms with E-state index in [2.05, 4.69) is 84.7 Å². The summed E-state index contributed by atoms with van der Waals surface area (Å²) in [7, 11) is 2.21. The fraction of sp³-hybridized carbons (Fsp3) is 0.480. The number of aliphatic imine (C=N–C) groups is 1. The lowest BCUT2D eigenvalue weighted by Gasteiger charge is -2.40. The zero-order valence-corrected chi connectivity index (χ0v) is 18.9. The highest BCUT2D eigenvalue weighted by atomic mass is 15.3. The highest BCUT2D eigenvalue weighted by Crippen LogP contribution is 2.13. The van der Waals surface area contributed by atoms with E-state index < -0.39 is 0 Å². The minimum Gasteiger partial charge on any atom is -0.355 e. The summed E-state index contributed by atoms with van der Waals surface area (Å²) in [6, 6.07) is 19.3. The van der Waals surface area contributed by atoms with Gasteiger partial charge in [-0.05, 0) is 37.6 Å². The highest BCUT2D eigenvalue weighted by Gasteiger charge is 2.25. The smallest absolute Gasteiger partial charge is 0.196 e. The highest BCUT2D eigenvalue weighted by molar-refractivity contribution is 5.93. The van der Waals surface area contributed by atoms with Crippen molar-refractivity contribution in [3.05, 3.63) is 65.7 Å². The number of anilines is 1. The fourth-order valence-electron chi connectivity index (χ4n) is 3.80. The number of hydrogen-bond donors (Lipinski definition) is 2. The van der Waals surface area contributed by atoms with Gasteiger partial charge >= 0.3 is 0 Å². The summed E-state index contributed by atoms with van der Waals surface area (Å²) in [5.41, 5.74) is 3.54. The molecule has 2 aromatic carbocycles. The molecule has 5 heteroatoms. The van der Waals surface area contributed by atoms with E-state index in [0.29, 0.717) is 18.5 Å². The molecule has 1 aliphatic heterocycles. The maximum Gasteiger partial charge on any atom is 0.196 e. The first-order valence-corrected chi connectivity index (χ1v) is 11.1. The molecule has 3 rings (SSSR count). The van der Waals surface area contributed by atoms with Gasteiger partial charge in [-0.2, -0.15) is 0 Å². The van der Waals surface area contributed by atoms with E-state index in [1.807, 2.05) is 18.2 Å². The summed E-state index contributed by atoms with van der Waals surface area (Å²) < 4.78 is 0. The van der Waals surface area contributed by atoms with Crippen LogP contribution in [-0.2, 0) is 6.54 Å². The molecule has 30 heavy (non-hydrogen) atoms. The van der Waals surface area contributed by atoms with E-state index >= 15 is 0 Å². The zero-order valence-electron chi connectivity index (χ0n) is 18.9. The molecule has 0 radical (unpaired) electrons. The molecular formula is C25H37N5. The van der Waals surface area contributed by atoms with Crippen molar-refractivity contribution in [2.24, 2.45) is 10.9 Å². The summed E-state index contributed by atoms with van der Waals surface area (Å²) in [6.45, 7) is 12.8. The van der Waals surface area contributed by atoms with Crippen LogP contribution in [-0.4, -0.2) is 61.6 Å². The standard InChI is InChI=1S/C25H37N5/c1-20(2)24(30-16-14-29(4)15-17-30)19-27-25(28-23-8-6-5-7-9-23)26-18-22-12-10-21(3)11-13-22/h5-13,20,24H,14-19H2,1-4H3,(H2,26,27,28). The van der Waals surface area contributed by atoms with Gasteiger partial charge in [-0.3, -0.25) is 4.90 Å². The lowest BCUT2D eigenvalue weighted by molar-refractivity contribution is 0.0901. The van der Waals surface area contributed by atoms with E-state index in [9.17, 15) is 0 Å². The van der Waals surface area contributed by atoms with Gasteiger partial charge in [0.05, 0.1) is 6.54 Å². The molecule has 1 unspecified atom stereocenters. The second kappa shape index (κ2) is 11.1. The number of benzene rings is 2. The molecule has 1 fully saturated rings. The lowest BCUT2D eigenvalue weighted by atomic mass is 10.0. The van der Waals surface area contributed by atoms with Crippen molar-refractivity contribution in [3.63, 3.8) is 0 Å². The lowest BCUT2D eigenvalue weighted by Crippen LogP contribution is -2.54. The third-order valence-electron chi connectivity index (χ3n) is 5.83. The Bertz CT molecular complexity index is 777. The number of likely N-dealkylation sites (N-methyl/N-ethyl adjacent to an activating group) is 1. The van der Waals surface area contributed by atoms with E-state index in [1.54, 1.807) is 0 Å². The molecule has 2 aromatic rings. The van der Waals surface area contributed by atoms with Crippen LogP contribution in [0.2, 0.25) is 0 Å². The van der Waals surface area contributed by atoms with Crippen molar-refractivity contribution in [2.45, 2.75) is 33.4 Å². The Labute approximate surface area is 182 Å². The van der Waals surface area contributed by atoms with Crippen LogP contribution in [0.25, 0.3) is 0 Å². The number of piperazine rings is 1. The summed E-state index contributed by atoms with van der Waals surface area (Å²) in [5.74, 6) is 1.41. The van der Waals surface area contributed by atoms with E-state index in [0.717, 1.165) is 44.4 Å². The fourth-order valence-corrected chi connectivity index (χ4v) is 3.80. The Morgan fingerprint density at radius 2 is 1.63 bits per heavy atom. The third-order valence-corrected chi connectivity index (χ3v) is 5.83. The Hall–Kier alpha value is -2.37. The number of nitrogens with zero attached hydrogens (tertiary/aromatic N) is 3. The molecule has 1 heterocycles. The van der Waals surface area contributed by atoms with Crippen LogP contribution in [0.15, 0.2) is 59.6 Å². The number of para-hydroxylation sites is 1. The Balaban J connectivity index is 1.68. The van der Waals surface area contributed by atoms with Gasteiger partial charge in [-0.25, -0.2) is 4.99 Å². The summed E-state index contributed by atoms with van der Waals surface area (Å²) in [4.78, 5) is 9.91. The maximum absolute atomic E-state index is 4.88. The van der Waals surface area contributed by atoms with Gasteiger partial charge in [-0.1, -0.05) is 61.9 Å². The molecule has 0 spiro atoms. The molecule has 2 N–H and O–H groups in total. The van der Waals surface area contributed by atoms with Crippen LogP contribution in [0.1, 0.15) is 25.0 Å². The average Bonchev–Trinajstić information content (AvgIpc) is 2.75. The van der Waals surface area contributed by atoms with Crippen molar-refractivity contribution in [1.82, 2.24) is 15.1 Å². The van der Waals surface area contributed by atoms with Crippen LogP contribution < -0.4 is 10.6 Å². The van der Waals surface area contributed by atoms with Crippen LogP contribution >= 0.6 is 0 Å². The van der Waals surface area contributed by atoms with Crippen molar-refractivity contribution in [2.75, 3.05) is 45.1 Å². The molecular weight excluding hydrogens is 370 g/mol. The molecule has 0 aliphatic carbocycles. The van der Waals surface area contributed by atoms with Gasteiger partial charge in [0.1, 0.15) is 0 Å². The van der Waals surface area contributed by atoms with Crippen LogP contribution in [0.4, 0.5) is 5.69 Å². The quantitative estimate of drug-likeness (QED) is 0.541. The van der Waals surface area contributed by atoms with Gasteiger partial charge in [0, 0.05) is 44.5 Å². The van der Waals surface area contributed by atoms with Gasteiger partial charge in [0.15, 0.2) is 5.96 Å². The first-order chi connectivity index (χ1) is 14.5. The number of rotatable bonds is 7. The molecule has 0 saturated carbocycles. The first-order valence-electron chi connectivity index (χ1n) is 11.1. The van der Waals surface area contributed by atoms with Crippen molar-refractivity contribution < 1.29 is 0 Å². The molecule has 5 nitrogen and oxygen atoms in total. The molecule has 0 aromatic heterocycles. The Morgan fingerprint density at radius 1 is 0.967 bits per heavy atom.